The fraction of sp³-hybridized carbons (Fsp3) is 0.333. The number of hydrogen-bond donors (Lipinski definition) is 1. The lowest BCUT2D eigenvalue weighted by molar-refractivity contribution is 0.718. The third-order valence-corrected chi connectivity index (χ3v) is 4.30. The Balaban J connectivity index is 2.16. The van der Waals surface area contributed by atoms with Crippen molar-refractivity contribution in [2.45, 2.75) is 12.8 Å². The van der Waals surface area contributed by atoms with Gasteiger partial charge in [-0.15, -0.1) is 10.2 Å². The summed E-state index contributed by atoms with van der Waals surface area (Å²) in [5.41, 5.74) is 0.849. The molecule has 0 aliphatic rings. The maximum absolute atomic E-state index is 6.16. The van der Waals surface area contributed by atoms with Crippen molar-refractivity contribution in [1.82, 2.24) is 15.5 Å². The van der Waals surface area contributed by atoms with Gasteiger partial charge in [0.05, 0.1) is 10.0 Å². The topological polar surface area (TPSA) is 37.8 Å². The van der Waals surface area contributed by atoms with Crippen LogP contribution in [0.15, 0.2) is 18.2 Å². The molecule has 0 aliphatic carbocycles. The van der Waals surface area contributed by atoms with E-state index in [-0.39, 0.29) is 0 Å². The zero-order valence-electron chi connectivity index (χ0n) is 9.91. The van der Waals surface area contributed by atoms with Gasteiger partial charge in [0.1, 0.15) is 10.0 Å². The third kappa shape index (κ3) is 3.20. The number of aromatic nitrogens is 2. The molecule has 1 aromatic heterocycles. The summed E-state index contributed by atoms with van der Waals surface area (Å²) in [6, 6.07) is 5.54. The molecule has 0 atom stereocenters. The second-order valence-corrected chi connectivity index (χ2v) is 5.66. The van der Waals surface area contributed by atoms with E-state index in [4.69, 9.17) is 23.2 Å². The van der Waals surface area contributed by atoms with Crippen molar-refractivity contribution >= 4 is 34.5 Å². The third-order valence-electron chi connectivity index (χ3n) is 2.47. The Morgan fingerprint density at radius 1 is 1.28 bits per heavy atom. The molecule has 2 rings (SSSR count). The van der Waals surface area contributed by atoms with E-state index in [0.29, 0.717) is 10.0 Å². The summed E-state index contributed by atoms with van der Waals surface area (Å²) in [7, 11) is 1.94. The molecule has 0 saturated heterocycles. The smallest absolute Gasteiger partial charge is 0.149 e. The Kier molecular flexibility index (Phi) is 4.95. The highest BCUT2D eigenvalue weighted by Crippen LogP contribution is 2.34. The fourth-order valence-corrected chi connectivity index (χ4v) is 2.91. The van der Waals surface area contributed by atoms with Crippen molar-refractivity contribution < 1.29 is 0 Å². The van der Waals surface area contributed by atoms with Crippen LogP contribution in [0.5, 0.6) is 0 Å². The number of hydrogen-bond acceptors (Lipinski definition) is 4. The van der Waals surface area contributed by atoms with Gasteiger partial charge in [0.25, 0.3) is 0 Å². The van der Waals surface area contributed by atoms with Crippen molar-refractivity contribution in [3.8, 4) is 10.6 Å². The first kappa shape index (κ1) is 13.7. The lowest BCUT2D eigenvalue weighted by Gasteiger charge is -2.00. The zero-order chi connectivity index (χ0) is 13.0. The Morgan fingerprint density at radius 2 is 2.11 bits per heavy atom. The molecule has 1 aromatic carbocycles. The van der Waals surface area contributed by atoms with Gasteiger partial charge in [-0.2, -0.15) is 0 Å². The van der Waals surface area contributed by atoms with Gasteiger partial charge in [-0.3, -0.25) is 0 Å². The molecule has 18 heavy (non-hydrogen) atoms. The van der Waals surface area contributed by atoms with Crippen LogP contribution in [0.2, 0.25) is 10.0 Å². The highest BCUT2D eigenvalue weighted by Gasteiger charge is 2.11. The van der Waals surface area contributed by atoms with Gasteiger partial charge in [-0.1, -0.05) is 46.7 Å². The summed E-state index contributed by atoms with van der Waals surface area (Å²) in [6.45, 7) is 0.979. The van der Waals surface area contributed by atoms with Crippen LogP contribution >= 0.6 is 34.5 Å². The fourth-order valence-electron chi connectivity index (χ4n) is 1.55. The molecule has 6 heteroatoms. The minimum Gasteiger partial charge on any atom is -0.320 e. The summed E-state index contributed by atoms with van der Waals surface area (Å²) >= 11 is 13.7. The van der Waals surface area contributed by atoms with E-state index >= 15 is 0 Å². The molecule has 96 valence electrons. The molecule has 0 amide bonds. The number of halogens is 2. The van der Waals surface area contributed by atoms with Gasteiger partial charge in [-0.25, -0.2) is 0 Å². The predicted octanol–water partition coefficient (Wildman–Crippen LogP) is 3.66. The predicted molar refractivity (Wildman–Crippen MR) is 77.6 cm³/mol. The van der Waals surface area contributed by atoms with E-state index in [1.807, 2.05) is 19.2 Å². The first-order chi connectivity index (χ1) is 8.72. The average Bonchev–Trinajstić information content (AvgIpc) is 2.82. The molecule has 0 fully saturated rings. The molecule has 3 nitrogen and oxygen atoms in total. The van der Waals surface area contributed by atoms with Crippen LogP contribution in [0.3, 0.4) is 0 Å². The van der Waals surface area contributed by atoms with Crippen LogP contribution in [0.1, 0.15) is 11.4 Å². The summed E-state index contributed by atoms with van der Waals surface area (Å²) in [6.07, 6.45) is 1.98. The molecule has 0 radical (unpaired) electrons. The molecule has 0 spiro atoms. The van der Waals surface area contributed by atoms with Crippen molar-refractivity contribution in [2.24, 2.45) is 0 Å². The van der Waals surface area contributed by atoms with E-state index in [1.165, 1.54) is 0 Å². The molecule has 0 unspecified atom stereocenters. The van der Waals surface area contributed by atoms with Gasteiger partial charge in [0, 0.05) is 12.0 Å². The monoisotopic (exact) mass is 301 g/mol. The van der Waals surface area contributed by atoms with E-state index < -0.39 is 0 Å². The molecular formula is C12H13Cl2N3S. The number of nitrogens with one attached hydrogen (secondary N) is 1. The quantitative estimate of drug-likeness (QED) is 0.856. The van der Waals surface area contributed by atoms with Gasteiger partial charge >= 0.3 is 0 Å². The van der Waals surface area contributed by atoms with E-state index in [9.17, 15) is 0 Å². The lowest BCUT2D eigenvalue weighted by Crippen LogP contribution is -2.08. The maximum atomic E-state index is 6.16. The van der Waals surface area contributed by atoms with E-state index in [1.54, 1.807) is 17.4 Å². The minimum absolute atomic E-state index is 0.539. The first-order valence-corrected chi connectivity index (χ1v) is 7.21. The summed E-state index contributed by atoms with van der Waals surface area (Å²) < 4.78 is 0. The summed E-state index contributed by atoms with van der Waals surface area (Å²) in [5.74, 6) is 0. The van der Waals surface area contributed by atoms with Crippen molar-refractivity contribution in [3.63, 3.8) is 0 Å². The van der Waals surface area contributed by atoms with Crippen molar-refractivity contribution in [3.05, 3.63) is 33.3 Å². The molecule has 0 bridgehead atoms. The van der Waals surface area contributed by atoms with Crippen LogP contribution in [0.25, 0.3) is 10.6 Å². The largest absolute Gasteiger partial charge is 0.320 e. The Labute approximate surface area is 120 Å². The zero-order valence-corrected chi connectivity index (χ0v) is 12.2. The summed E-state index contributed by atoms with van der Waals surface area (Å²) in [5, 5.41) is 14.4. The van der Waals surface area contributed by atoms with Gasteiger partial charge < -0.3 is 5.32 Å². The maximum Gasteiger partial charge on any atom is 0.149 e. The normalized spacial score (nSPS) is 10.8. The molecular weight excluding hydrogens is 289 g/mol. The van der Waals surface area contributed by atoms with Crippen LogP contribution < -0.4 is 5.32 Å². The average molecular weight is 302 g/mol. The van der Waals surface area contributed by atoms with Crippen molar-refractivity contribution in [1.29, 1.82) is 0 Å². The van der Waals surface area contributed by atoms with Crippen LogP contribution in [0.4, 0.5) is 0 Å². The second kappa shape index (κ2) is 6.48. The molecule has 0 aliphatic heterocycles. The van der Waals surface area contributed by atoms with Gasteiger partial charge in [0.15, 0.2) is 0 Å². The van der Waals surface area contributed by atoms with Crippen LogP contribution in [-0.4, -0.2) is 23.8 Å². The number of aryl methyl sites for hydroxylation is 1. The number of rotatable bonds is 5. The van der Waals surface area contributed by atoms with Crippen LogP contribution in [0, 0.1) is 0 Å². The number of nitrogens with zero attached hydrogens (tertiary/aromatic N) is 2. The Hall–Kier alpha value is -0.680. The number of benzene rings is 1. The van der Waals surface area contributed by atoms with E-state index in [0.717, 1.165) is 35.0 Å². The van der Waals surface area contributed by atoms with Gasteiger partial charge in [0.2, 0.25) is 0 Å². The van der Waals surface area contributed by atoms with Gasteiger partial charge in [-0.05, 0) is 26.1 Å². The molecule has 1 N–H and O–H groups in total. The summed E-state index contributed by atoms with van der Waals surface area (Å²) in [4.78, 5) is 0. The second-order valence-electron chi connectivity index (χ2n) is 3.81. The van der Waals surface area contributed by atoms with E-state index in [2.05, 4.69) is 15.5 Å². The molecule has 1 heterocycles. The Morgan fingerprint density at radius 3 is 2.89 bits per heavy atom. The standard InChI is InChI=1S/C12H13Cl2N3S/c1-15-7-3-6-10-16-17-12(18-10)8-4-2-5-9(13)11(8)14/h2,4-5,15H,3,6-7H2,1H3. The SMILES string of the molecule is CNCCCc1nnc(-c2cccc(Cl)c2Cl)s1. The van der Waals surface area contributed by atoms with Crippen molar-refractivity contribution in [2.75, 3.05) is 13.6 Å². The molecule has 2 aromatic rings. The highest BCUT2D eigenvalue weighted by molar-refractivity contribution is 7.14. The highest BCUT2D eigenvalue weighted by atomic mass is 35.5. The molecule has 0 saturated carbocycles. The minimum atomic E-state index is 0.539. The Bertz CT molecular complexity index is 528. The van der Waals surface area contributed by atoms with Crippen LogP contribution in [-0.2, 0) is 6.42 Å². The lowest BCUT2D eigenvalue weighted by atomic mass is 10.2. The first-order valence-electron chi connectivity index (χ1n) is 5.63.